The zero-order valence-corrected chi connectivity index (χ0v) is 14.6. The molecule has 0 spiro atoms. The zero-order valence-electron chi connectivity index (χ0n) is 13.9. The molecule has 0 radical (unpaired) electrons. The Morgan fingerprint density at radius 2 is 1.85 bits per heavy atom. The number of pyridine rings is 1. The predicted octanol–water partition coefficient (Wildman–Crippen LogP) is 2.42. The Bertz CT molecular complexity index is 837. The molecule has 0 bridgehead atoms. The maximum Gasteiger partial charge on any atom is 0.255 e. The highest BCUT2D eigenvalue weighted by atomic mass is 35.5. The van der Waals surface area contributed by atoms with Crippen LogP contribution in [0.1, 0.15) is 16.8 Å². The SMILES string of the molecule is Clc1ccccc1.NC(=O)CCNC(=O)c1cn[nH]c1-c1ccccn1. The lowest BCUT2D eigenvalue weighted by molar-refractivity contribution is -0.117. The van der Waals surface area contributed by atoms with Gasteiger partial charge in [-0.05, 0) is 24.3 Å². The van der Waals surface area contributed by atoms with E-state index in [1.807, 2.05) is 36.4 Å². The molecular formula is C18H18ClN5O2. The molecule has 2 amide bonds. The van der Waals surface area contributed by atoms with Gasteiger partial charge in [-0.2, -0.15) is 5.10 Å². The van der Waals surface area contributed by atoms with Crippen molar-refractivity contribution in [1.82, 2.24) is 20.5 Å². The van der Waals surface area contributed by atoms with Gasteiger partial charge < -0.3 is 11.1 Å². The molecule has 1 aromatic carbocycles. The van der Waals surface area contributed by atoms with E-state index in [-0.39, 0.29) is 18.9 Å². The highest BCUT2D eigenvalue weighted by molar-refractivity contribution is 6.30. The molecule has 3 aromatic rings. The summed E-state index contributed by atoms with van der Waals surface area (Å²) in [4.78, 5) is 26.7. The number of hydrogen-bond acceptors (Lipinski definition) is 4. The molecule has 0 unspecified atom stereocenters. The molecule has 0 fully saturated rings. The molecule has 0 aliphatic carbocycles. The summed E-state index contributed by atoms with van der Waals surface area (Å²) in [5, 5.41) is 9.98. The van der Waals surface area contributed by atoms with E-state index in [2.05, 4.69) is 20.5 Å². The van der Waals surface area contributed by atoms with Crippen molar-refractivity contribution < 1.29 is 9.59 Å². The summed E-state index contributed by atoms with van der Waals surface area (Å²) in [5.41, 5.74) is 6.54. The molecule has 2 heterocycles. The quantitative estimate of drug-likeness (QED) is 0.639. The van der Waals surface area contributed by atoms with Crippen molar-refractivity contribution in [2.75, 3.05) is 6.54 Å². The fourth-order valence-corrected chi connectivity index (χ4v) is 2.12. The number of benzene rings is 1. The van der Waals surface area contributed by atoms with Gasteiger partial charge in [0, 0.05) is 24.2 Å². The van der Waals surface area contributed by atoms with Crippen molar-refractivity contribution >= 4 is 23.4 Å². The minimum absolute atomic E-state index is 0.0997. The summed E-state index contributed by atoms with van der Waals surface area (Å²) >= 11 is 5.54. The number of H-pyrrole nitrogens is 1. The second kappa shape index (κ2) is 9.95. The molecule has 3 rings (SSSR count). The molecule has 0 aliphatic rings. The standard InChI is InChI=1S/C12H13N5O2.C6H5Cl/c13-10(18)4-6-15-12(19)8-7-16-17-11(8)9-3-1-2-5-14-9;7-6-4-2-1-3-5-6/h1-3,5,7H,4,6H2,(H2,13,18)(H,15,19)(H,16,17);1-5H. The van der Waals surface area contributed by atoms with Crippen LogP contribution in [-0.2, 0) is 4.79 Å². The number of aromatic nitrogens is 3. The van der Waals surface area contributed by atoms with Crippen LogP contribution >= 0.6 is 11.6 Å². The van der Waals surface area contributed by atoms with E-state index in [4.69, 9.17) is 17.3 Å². The summed E-state index contributed by atoms with van der Waals surface area (Å²) in [6.07, 6.45) is 3.15. The number of nitrogens with two attached hydrogens (primary N) is 1. The van der Waals surface area contributed by atoms with E-state index in [0.717, 1.165) is 5.02 Å². The number of amides is 2. The molecular weight excluding hydrogens is 354 g/mol. The number of carbonyl (C=O) groups excluding carboxylic acids is 2. The minimum Gasteiger partial charge on any atom is -0.370 e. The molecule has 0 saturated heterocycles. The van der Waals surface area contributed by atoms with E-state index in [1.54, 1.807) is 18.3 Å². The average molecular weight is 372 g/mol. The van der Waals surface area contributed by atoms with Crippen LogP contribution in [0.2, 0.25) is 5.02 Å². The first-order valence-corrected chi connectivity index (χ1v) is 8.17. The fraction of sp³-hybridized carbons (Fsp3) is 0.111. The van der Waals surface area contributed by atoms with Crippen LogP contribution in [0.5, 0.6) is 0 Å². The topological polar surface area (TPSA) is 114 Å². The summed E-state index contributed by atoms with van der Waals surface area (Å²) in [5.74, 6) is -0.784. The van der Waals surface area contributed by atoms with Gasteiger partial charge in [0.25, 0.3) is 5.91 Å². The number of rotatable bonds is 5. The number of nitrogens with zero attached hydrogens (tertiary/aromatic N) is 2. The monoisotopic (exact) mass is 371 g/mol. The molecule has 0 aliphatic heterocycles. The van der Waals surface area contributed by atoms with E-state index >= 15 is 0 Å². The highest BCUT2D eigenvalue weighted by Crippen LogP contribution is 2.17. The van der Waals surface area contributed by atoms with Crippen LogP contribution < -0.4 is 11.1 Å². The van der Waals surface area contributed by atoms with Gasteiger partial charge in [0.1, 0.15) is 0 Å². The largest absolute Gasteiger partial charge is 0.370 e. The number of primary amides is 1. The van der Waals surface area contributed by atoms with Crippen molar-refractivity contribution in [2.45, 2.75) is 6.42 Å². The number of halogens is 1. The molecule has 2 aromatic heterocycles. The van der Waals surface area contributed by atoms with Gasteiger partial charge >= 0.3 is 0 Å². The minimum atomic E-state index is -0.461. The van der Waals surface area contributed by atoms with Crippen molar-refractivity contribution in [3.8, 4) is 11.4 Å². The van der Waals surface area contributed by atoms with Gasteiger partial charge in [-0.15, -0.1) is 0 Å². The first kappa shape index (κ1) is 19.1. The summed E-state index contributed by atoms with van der Waals surface area (Å²) < 4.78 is 0. The molecule has 4 N–H and O–H groups in total. The van der Waals surface area contributed by atoms with Crippen LogP contribution in [0.15, 0.2) is 60.9 Å². The lowest BCUT2D eigenvalue weighted by Crippen LogP contribution is -2.28. The summed E-state index contributed by atoms with van der Waals surface area (Å²) in [7, 11) is 0. The van der Waals surface area contributed by atoms with Gasteiger partial charge in [-0.1, -0.05) is 35.9 Å². The summed E-state index contributed by atoms with van der Waals surface area (Å²) in [6.45, 7) is 0.195. The first-order valence-electron chi connectivity index (χ1n) is 7.79. The molecule has 0 atom stereocenters. The molecule has 7 nitrogen and oxygen atoms in total. The highest BCUT2D eigenvalue weighted by Gasteiger charge is 2.15. The Balaban J connectivity index is 0.000000290. The Labute approximate surface area is 155 Å². The molecule has 0 saturated carbocycles. The maximum atomic E-state index is 11.9. The Morgan fingerprint density at radius 1 is 1.12 bits per heavy atom. The number of nitrogens with one attached hydrogen (secondary N) is 2. The number of carbonyl (C=O) groups is 2. The van der Waals surface area contributed by atoms with Crippen LogP contribution in [0.4, 0.5) is 0 Å². The van der Waals surface area contributed by atoms with Gasteiger partial charge in [-0.25, -0.2) is 0 Å². The van der Waals surface area contributed by atoms with Gasteiger partial charge in [0.05, 0.1) is 23.1 Å². The Kier molecular flexibility index (Phi) is 7.32. The fourth-order valence-electron chi connectivity index (χ4n) is 1.97. The summed E-state index contributed by atoms with van der Waals surface area (Å²) in [6, 6.07) is 14.8. The Hall–Kier alpha value is -3.19. The van der Waals surface area contributed by atoms with Crippen LogP contribution in [0.25, 0.3) is 11.4 Å². The van der Waals surface area contributed by atoms with Crippen molar-refractivity contribution in [2.24, 2.45) is 5.73 Å². The number of hydrogen-bond donors (Lipinski definition) is 3. The lowest BCUT2D eigenvalue weighted by Gasteiger charge is -2.04. The smallest absolute Gasteiger partial charge is 0.255 e. The van der Waals surface area contributed by atoms with E-state index in [0.29, 0.717) is 17.0 Å². The van der Waals surface area contributed by atoms with Crippen molar-refractivity contribution in [3.05, 3.63) is 71.5 Å². The van der Waals surface area contributed by atoms with Gasteiger partial charge in [0.15, 0.2) is 0 Å². The van der Waals surface area contributed by atoms with Crippen LogP contribution in [0.3, 0.4) is 0 Å². The number of aromatic amines is 1. The van der Waals surface area contributed by atoms with Crippen molar-refractivity contribution in [3.63, 3.8) is 0 Å². The van der Waals surface area contributed by atoms with Gasteiger partial charge in [0.2, 0.25) is 5.91 Å². The third kappa shape index (κ3) is 6.03. The van der Waals surface area contributed by atoms with Crippen LogP contribution in [-0.4, -0.2) is 33.5 Å². The molecule has 26 heavy (non-hydrogen) atoms. The molecule has 8 heteroatoms. The zero-order chi connectivity index (χ0) is 18.8. The second-order valence-corrected chi connectivity index (χ2v) is 5.58. The lowest BCUT2D eigenvalue weighted by atomic mass is 10.1. The second-order valence-electron chi connectivity index (χ2n) is 5.14. The Morgan fingerprint density at radius 3 is 2.42 bits per heavy atom. The third-order valence-electron chi connectivity index (χ3n) is 3.20. The van der Waals surface area contributed by atoms with E-state index < -0.39 is 5.91 Å². The van der Waals surface area contributed by atoms with Gasteiger partial charge in [-0.3, -0.25) is 19.7 Å². The first-order chi connectivity index (χ1) is 12.6. The molecule has 134 valence electrons. The van der Waals surface area contributed by atoms with Crippen molar-refractivity contribution in [1.29, 1.82) is 0 Å². The third-order valence-corrected chi connectivity index (χ3v) is 3.45. The van der Waals surface area contributed by atoms with E-state index in [9.17, 15) is 9.59 Å². The van der Waals surface area contributed by atoms with E-state index in [1.165, 1.54) is 6.20 Å². The van der Waals surface area contributed by atoms with Crippen LogP contribution in [0, 0.1) is 0 Å². The average Bonchev–Trinajstić information content (AvgIpc) is 3.13. The predicted molar refractivity (Wildman–Crippen MR) is 99.4 cm³/mol. The normalized spacial score (nSPS) is 9.73. The maximum absolute atomic E-state index is 11.9.